The number of carbonyl (C=O) groups is 5. The number of hydrogen-bond acceptors (Lipinski definition) is 11. The van der Waals surface area contributed by atoms with Gasteiger partial charge in [0.05, 0.1) is 17.7 Å². The van der Waals surface area contributed by atoms with Crippen molar-refractivity contribution in [2.45, 2.75) is 83.1 Å². The van der Waals surface area contributed by atoms with Gasteiger partial charge in [0.2, 0.25) is 17.7 Å². The van der Waals surface area contributed by atoms with Crippen molar-refractivity contribution in [2.24, 2.45) is 10.8 Å². The predicted octanol–water partition coefficient (Wildman–Crippen LogP) is 4.34. The van der Waals surface area contributed by atoms with Crippen LogP contribution in [0.15, 0.2) is 48.5 Å². The smallest absolute Gasteiger partial charge is 0.262 e. The molecule has 2 aromatic carbocycles. The van der Waals surface area contributed by atoms with Crippen LogP contribution in [0.1, 0.15) is 97.8 Å². The summed E-state index contributed by atoms with van der Waals surface area (Å²) in [6, 6.07) is 12.7. The average molecular weight is 724 g/mol. The van der Waals surface area contributed by atoms with Crippen LogP contribution in [0.25, 0.3) is 11.3 Å². The van der Waals surface area contributed by atoms with E-state index in [4.69, 9.17) is 10.5 Å². The van der Waals surface area contributed by atoms with Crippen LogP contribution in [0.3, 0.4) is 0 Å². The molecule has 1 unspecified atom stereocenters. The monoisotopic (exact) mass is 723 g/mol. The van der Waals surface area contributed by atoms with Crippen molar-refractivity contribution in [2.75, 3.05) is 30.7 Å². The van der Waals surface area contributed by atoms with Gasteiger partial charge in [0.25, 0.3) is 11.8 Å². The molecule has 5 amide bonds. The van der Waals surface area contributed by atoms with E-state index in [1.54, 1.807) is 42.5 Å². The molecule has 1 atom stereocenters. The van der Waals surface area contributed by atoms with Gasteiger partial charge in [-0.3, -0.25) is 34.2 Å². The van der Waals surface area contributed by atoms with Crippen LogP contribution >= 0.6 is 0 Å². The number of hydrogen-bond donors (Lipinski definition) is 5. The molecule has 8 rings (SSSR count). The van der Waals surface area contributed by atoms with Crippen LogP contribution in [0.4, 0.5) is 11.5 Å². The number of phenols is 1. The fourth-order valence-electron chi connectivity index (χ4n) is 8.43. The van der Waals surface area contributed by atoms with Gasteiger partial charge in [-0.05, 0) is 74.3 Å². The van der Waals surface area contributed by atoms with Crippen molar-refractivity contribution >= 4 is 41.0 Å². The van der Waals surface area contributed by atoms with E-state index in [1.807, 2.05) is 6.07 Å². The predicted molar refractivity (Wildman–Crippen MR) is 195 cm³/mol. The number of nitrogens with one attached hydrogen (secondary N) is 3. The number of anilines is 2. The lowest BCUT2D eigenvalue weighted by Crippen LogP contribution is -2.67. The highest BCUT2D eigenvalue weighted by molar-refractivity contribution is 6.23. The molecule has 1 aromatic heterocycles. The zero-order valence-electron chi connectivity index (χ0n) is 29.6. The lowest BCUT2D eigenvalue weighted by molar-refractivity contribution is -0.215. The molecule has 3 saturated carbocycles. The van der Waals surface area contributed by atoms with E-state index in [2.05, 4.69) is 26.1 Å². The van der Waals surface area contributed by atoms with Gasteiger partial charge in [0, 0.05) is 48.7 Å². The van der Waals surface area contributed by atoms with E-state index < -0.39 is 29.7 Å². The number of benzene rings is 2. The fourth-order valence-corrected chi connectivity index (χ4v) is 8.43. The molecule has 53 heavy (non-hydrogen) atoms. The van der Waals surface area contributed by atoms with E-state index in [0.29, 0.717) is 43.1 Å². The number of ether oxygens (including phenoxy) is 1. The summed E-state index contributed by atoms with van der Waals surface area (Å²) in [6.45, 7) is 1.94. The number of nitrogens with two attached hydrogens (primary N) is 1. The van der Waals surface area contributed by atoms with Crippen molar-refractivity contribution in [1.29, 1.82) is 0 Å². The zero-order valence-corrected chi connectivity index (χ0v) is 29.6. The summed E-state index contributed by atoms with van der Waals surface area (Å²) in [5, 5.41) is 27.0. The summed E-state index contributed by atoms with van der Waals surface area (Å²) in [6.07, 6.45) is 9.70. The highest BCUT2D eigenvalue weighted by atomic mass is 16.5. The number of unbranched alkanes of at least 4 members (excludes halogenated alkanes) is 5. The molecule has 2 bridgehead atoms. The Labute approximate surface area is 307 Å². The van der Waals surface area contributed by atoms with Gasteiger partial charge in [0.1, 0.15) is 17.5 Å². The average Bonchev–Trinajstić information content (AvgIpc) is 3.35. The van der Waals surface area contributed by atoms with Gasteiger partial charge in [-0.2, -0.15) is 0 Å². The van der Waals surface area contributed by atoms with Gasteiger partial charge in [-0.1, -0.05) is 37.8 Å². The first-order chi connectivity index (χ1) is 25.6. The number of aromatic hydroxyl groups is 1. The number of aromatic nitrogens is 2. The first-order valence-electron chi connectivity index (χ1n) is 18.5. The van der Waals surface area contributed by atoms with Crippen molar-refractivity contribution in [1.82, 2.24) is 25.7 Å². The van der Waals surface area contributed by atoms with Crippen molar-refractivity contribution in [3.05, 3.63) is 59.7 Å². The van der Waals surface area contributed by atoms with Gasteiger partial charge in [0.15, 0.2) is 11.6 Å². The number of imide groups is 2. The van der Waals surface area contributed by atoms with Crippen LogP contribution in [0, 0.1) is 10.8 Å². The summed E-state index contributed by atoms with van der Waals surface area (Å²) in [5.41, 5.74) is 8.61. The maximum absolute atomic E-state index is 13.0. The first kappa shape index (κ1) is 35.9. The second kappa shape index (κ2) is 14.8. The third-order valence-electron chi connectivity index (χ3n) is 11.0. The summed E-state index contributed by atoms with van der Waals surface area (Å²) in [7, 11) is 0. The molecule has 14 heteroatoms. The van der Waals surface area contributed by atoms with Crippen molar-refractivity contribution in [3.8, 4) is 22.8 Å². The molecule has 0 spiro atoms. The Morgan fingerprint density at radius 3 is 2.42 bits per heavy atom. The van der Waals surface area contributed by atoms with E-state index >= 15 is 0 Å². The SMILES string of the molecule is Nc1nnc(-c2ccccc2O)cc1OCC12CC(CNC(=O)CCCCCCCCNc3ccc4c(c3)C(=O)N(C3CCC(=O)NC3=O)C4=O)(C1)C2. The molecular weight excluding hydrogens is 678 g/mol. The molecule has 278 valence electrons. The molecule has 3 aliphatic carbocycles. The number of carbonyl (C=O) groups excluding carboxylic acids is 5. The third-order valence-corrected chi connectivity index (χ3v) is 11.0. The van der Waals surface area contributed by atoms with Gasteiger partial charge in [-0.25, -0.2) is 0 Å². The Morgan fingerprint density at radius 2 is 1.64 bits per heavy atom. The van der Waals surface area contributed by atoms with Crippen LogP contribution in [-0.2, 0) is 14.4 Å². The Bertz CT molecular complexity index is 1930. The number of fused-ring (bicyclic) bond motifs is 1. The molecule has 1 saturated heterocycles. The molecule has 6 N–H and O–H groups in total. The number of amides is 5. The number of phenolic OH excluding ortho intramolecular Hbond substituents is 1. The van der Waals surface area contributed by atoms with Gasteiger partial charge >= 0.3 is 0 Å². The second-order valence-corrected chi connectivity index (χ2v) is 15.1. The van der Waals surface area contributed by atoms with E-state index in [0.717, 1.165) is 68.4 Å². The third kappa shape index (κ3) is 7.53. The fraction of sp³-hybridized carbons (Fsp3) is 0.462. The minimum absolute atomic E-state index is 0.0856. The molecule has 3 aromatic rings. The molecule has 0 radical (unpaired) electrons. The van der Waals surface area contributed by atoms with Crippen molar-refractivity contribution in [3.63, 3.8) is 0 Å². The molecule has 4 fully saturated rings. The maximum Gasteiger partial charge on any atom is 0.262 e. The standard InChI is InChI=1S/C39H45N7O7/c40-34-31(18-28(44-45-34)26-9-6-7-10-30(26)47)53-23-39-19-38(20-39,21-39)22-42-32(48)11-5-3-1-2-4-8-16-41-24-12-13-25-27(17-24)37(52)46(36(25)51)29-14-15-33(49)43-35(29)50/h6-7,9-10,12-13,17-18,29,41,47H,1-5,8,11,14-16,19-23H2,(H2,40,45)(H,42,48)(H,43,49,50). The van der Waals surface area contributed by atoms with Gasteiger partial charge in [-0.15, -0.1) is 10.2 Å². The minimum Gasteiger partial charge on any atom is -0.507 e. The summed E-state index contributed by atoms with van der Waals surface area (Å²) >= 11 is 0. The van der Waals surface area contributed by atoms with E-state index in [1.165, 1.54) is 0 Å². The maximum atomic E-state index is 13.0. The zero-order chi connectivity index (χ0) is 37.2. The Kier molecular flexibility index (Phi) is 10.0. The minimum atomic E-state index is -0.976. The Morgan fingerprint density at radius 1 is 0.906 bits per heavy atom. The summed E-state index contributed by atoms with van der Waals surface area (Å²) < 4.78 is 6.09. The largest absolute Gasteiger partial charge is 0.507 e. The highest BCUT2D eigenvalue weighted by Gasteiger charge is 2.67. The quantitative estimate of drug-likeness (QED) is 0.0978. The number of piperidine rings is 1. The number of nitrogens with zero attached hydrogens (tertiary/aromatic N) is 3. The molecule has 2 aliphatic heterocycles. The molecule has 14 nitrogen and oxygen atoms in total. The van der Waals surface area contributed by atoms with Crippen molar-refractivity contribution < 1.29 is 33.8 Å². The number of rotatable bonds is 17. The Balaban J connectivity index is 0.730. The summed E-state index contributed by atoms with van der Waals surface area (Å²) in [4.78, 5) is 63.2. The normalized spacial score (nSPS) is 22.8. The Hall–Kier alpha value is -5.53. The highest BCUT2D eigenvalue weighted by Crippen LogP contribution is 2.73. The molecule has 5 aliphatic rings. The number of para-hydroxylation sites is 1. The lowest BCUT2D eigenvalue weighted by Gasteiger charge is -2.70. The van der Waals surface area contributed by atoms with E-state index in [-0.39, 0.29) is 52.3 Å². The molecular formula is C39H45N7O7. The van der Waals surface area contributed by atoms with E-state index in [9.17, 15) is 29.1 Å². The van der Waals surface area contributed by atoms with Crippen LogP contribution < -0.4 is 26.4 Å². The lowest BCUT2D eigenvalue weighted by atomic mass is 9.35. The van der Waals surface area contributed by atoms with Crippen LogP contribution in [-0.4, -0.2) is 75.5 Å². The van der Waals surface area contributed by atoms with Crippen LogP contribution in [0.5, 0.6) is 11.5 Å². The topological polar surface area (TPSA) is 206 Å². The summed E-state index contributed by atoms with van der Waals surface area (Å²) in [5.74, 6) is -1.16. The second-order valence-electron chi connectivity index (χ2n) is 15.1. The number of nitrogen functional groups attached to an aromatic ring is 1. The first-order valence-corrected chi connectivity index (χ1v) is 18.5. The van der Waals surface area contributed by atoms with Gasteiger partial charge < -0.3 is 26.2 Å². The van der Waals surface area contributed by atoms with Crippen LogP contribution in [0.2, 0.25) is 0 Å². The molecule has 3 heterocycles.